The summed E-state index contributed by atoms with van der Waals surface area (Å²) in [4.78, 5) is 0. The molecule has 1 unspecified atom stereocenters. The molecule has 3 heteroatoms. The predicted octanol–water partition coefficient (Wildman–Crippen LogP) is 4.20. The van der Waals surface area contributed by atoms with Crippen LogP contribution in [0.1, 0.15) is 33.9 Å². The number of benzene rings is 2. The Kier molecular flexibility index (Phi) is 4.19. The Morgan fingerprint density at radius 2 is 1.40 bits per heavy atom. The van der Waals surface area contributed by atoms with E-state index in [0.717, 1.165) is 27.8 Å². The van der Waals surface area contributed by atoms with Crippen LogP contribution in [0.4, 0.5) is 8.78 Å². The number of hydrogen-bond donors (Lipinski definition) is 1. The van der Waals surface area contributed by atoms with Gasteiger partial charge in [-0.05, 0) is 79.9 Å². The summed E-state index contributed by atoms with van der Waals surface area (Å²) in [6.45, 7) is 5.68. The lowest BCUT2D eigenvalue weighted by Gasteiger charge is -2.23. The second kappa shape index (κ2) is 5.71. The fourth-order valence-corrected chi connectivity index (χ4v) is 2.80. The van der Waals surface area contributed by atoms with Crippen LogP contribution in [0.2, 0.25) is 0 Å². The van der Waals surface area contributed by atoms with E-state index in [1.165, 1.54) is 24.3 Å². The van der Waals surface area contributed by atoms with E-state index in [1.807, 2.05) is 27.8 Å². The van der Waals surface area contributed by atoms with Gasteiger partial charge in [0.1, 0.15) is 11.6 Å². The minimum Gasteiger partial charge on any atom is -0.309 e. The molecule has 2 aromatic rings. The maximum atomic E-state index is 13.4. The van der Waals surface area contributed by atoms with Gasteiger partial charge in [-0.15, -0.1) is 0 Å². The summed E-state index contributed by atoms with van der Waals surface area (Å²) in [5, 5.41) is 3.25. The van der Waals surface area contributed by atoms with Gasteiger partial charge in [0.05, 0.1) is 6.04 Å². The maximum absolute atomic E-state index is 13.4. The van der Waals surface area contributed by atoms with Crippen LogP contribution in [-0.4, -0.2) is 7.05 Å². The molecule has 1 nitrogen and oxygen atoms in total. The minimum absolute atomic E-state index is 0.0730. The van der Waals surface area contributed by atoms with Crippen molar-refractivity contribution < 1.29 is 8.78 Å². The summed E-state index contributed by atoms with van der Waals surface area (Å²) in [5.74, 6) is -0.469. The first kappa shape index (κ1) is 14.7. The molecule has 0 aliphatic carbocycles. The second-order valence-corrected chi connectivity index (χ2v) is 5.18. The van der Waals surface area contributed by atoms with Crippen LogP contribution in [0, 0.1) is 32.4 Å². The Morgan fingerprint density at radius 3 is 1.90 bits per heavy atom. The Balaban J connectivity index is 2.58. The third-order valence-electron chi connectivity index (χ3n) is 3.68. The molecule has 0 bridgehead atoms. The van der Waals surface area contributed by atoms with Crippen molar-refractivity contribution >= 4 is 0 Å². The van der Waals surface area contributed by atoms with Crippen LogP contribution in [0.5, 0.6) is 0 Å². The van der Waals surface area contributed by atoms with Crippen LogP contribution in [0.3, 0.4) is 0 Å². The molecule has 0 aromatic heterocycles. The summed E-state index contributed by atoms with van der Waals surface area (Å²) >= 11 is 0. The lowest BCUT2D eigenvalue weighted by molar-refractivity contribution is 0.614. The molecule has 0 amide bonds. The Bertz CT molecular complexity index is 612. The summed E-state index contributed by atoms with van der Waals surface area (Å²) < 4.78 is 26.7. The van der Waals surface area contributed by atoms with Gasteiger partial charge in [-0.3, -0.25) is 0 Å². The van der Waals surface area contributed by atoms with Gasteiger partial charge in [0.25, 0.3) is 0 Å². The average Bonchev–Trinajstić information content (AvgIpc) is 2.34. The van der Waals surface area contributed by atoms with E-state index in [-0.39, 0.29) is 17.7 Å². The van der Waals surface area contributed by atoms with Crippen LogP contribution < -0.4 is 5.32 Å². The van der Waals surface area contributed by atoms with Gasteiger partial charge in [0.2, 0.25) is 0 Å². The molecule has 0 saturated heterocycles. The van der Waals surface area contributed by atoms with Crippen LogP contribution in [0.25, 0.3) is 0 Å². The van der Waals surface area contributed by atoms with E-state index >= 15 is 0 Å². The first-order valence-corrected chi connectivity index (χ1v) is 6.64. The molecule has 0 radical (unpaired) electrons. The molecule has 1 atom stereocenters. The summed E-state index contributed by atoms with van der Waals surface area (Å²) in [6.07, 6.45) is 0. The highest BCUT2D eigenvalue weighted by atomic mass is 19.1. The van der Waals surface area contributed by atoms with E-state index in [0.29, 0.717) is 0 Å². The molecular weight excluding hydrogens is 256 g/mol. The summed E-state index contributed by atoms with van der Waals surface area (Å²) in [7, 11) is 1.86. The van der Waals surface area contributed by atoms with Crippen molar-refractivity contribution in [2.75, 3.05) is 7.05 Å². The fraction of sp³-hybridized carbons (Fsp3) is 0.294. The lowest BCUT2D eigenvalue weighted by atomic mass is 9.89. The molecule has 0 spiro atoms. The molecule has 0 fully saturated rings. The zero-order chi connectivity index (χ0) is 14.9. The standard InChI is InChI=1S/C17H19F2N/c1-10-7-13(18)5-6-15(10)17(20-4)16-11(2)8-14(19)9-12(16)3/h5-9,17,20H,1-4H3. The van der Waals surface area contributed by atoms with Gasteiger partial charge in [-0.2, -0.15) is 0 Å². The van der Waals surface area contributed by atoms with Gasteiger partial charge in [-0.25, -0.2) is 8.78 Å². The SMILES string of the molecule is CNC(c1ccc(F)cc1C)c1c(C)cc(F)cc1C. The first-order chi connectivity index (χ1) is 9.43. The van der Waals surface area contributed by atoms with Gasteiger partial charge in [0.15, 0.2) is 0 Å². The van der Waals surface area contributed by atoms with Crippen molar-refractivity contribution in [3.8, 4) is 0 Å². The normalized spacial score (nSPS) is 12.5. The zero-order valence-corrected chi connectivity index (χ0v) is 12.2. The molecule has 0 aliphatic rings. The van der Waals surface area contributed by atoms with Crippen molar-refractivity contribution in [3.05, 3.63) is 69.8 Å². The molecule has 106 valence electrons. The molecule has 2 rings (SSSR count). The fourth-order valence-electron chi connectivity index (χ4n) is 2.80. The predicted molar refractivity (Wildman–Crippen MR) is 77.9 cm³/mol. The second-order valence-electron chi connectivity index (χ2n) is 5.18. The third kappa shape index (κ3) is 2.73. The van der Waals surface area contributed by atoms with Crippen molar-refractivity contribution in [1.82, 2.24) is 5.32 Å². The molecule has 0 aliphatic heterocycles. The molecule has 0 saturated carbocycles. The molecule has 2 aromatic carbocycles. The van der Waals surface area contributed by atoms with Gasteiger partial charge < -0.3 is 5.32 Å². The van der Waals surface area contributed by atoms with Crippen molar-refractivity contribution in [1.29, 1.82) is 0 Å². The van der Waals surface area contributed by atoms with Crippen LogP contribution in [-0.2, 0) is 0 Å². The molecular formula is C17H19F2N. The van der Waals surface area contributed by atoms with Crippen LogP contribution in [0.15, 0.2) is 30.3 Å². The third-order valence-corrected chi connectivity index (χ3v) is 3.68. The monoisotopic (exact) mass is 275 g/mol. The van der Waals surface area contributed by atoms with Gasteiger partial charge in [0, 0.05) is 0 Å². The van der Waals surface area contributed by atoms with Crippen LogP contribution >= 0.6 is 0 Å². The highest BCUT2D eigenvalue weighted by Gasteiger charge is 2.19. The highest BCUT2D eigenvalue weighted by Crippen LogP contribution is 2.30. The number of halogens is 2. The topological polar surface area (TPSA) is 12.0 Å². The number of nitrogens with one attached hydrogen (secondary N) is 1. The smallest absolute Gasteiger partial charge is 0.123 e. The number of hydrogen-bond acceptors (Lipinski definition) is 1. The van der Waals surface area contributed by atoms with E-state index in [2.05, 4.69) is 5.32 Å². The largest absolute Gasteiger partial charge is 0.309 e. The van der Waals surface area contributed by atoms with Gasteiger partial charge in [-0.1, -0.05) is 6.07 Å². The van der Waals surface area contributed by atoms with E-state index < -0.39 is 0 Å². The first-order valence-electron chi connectivity index (χ1n) is 6.64. The number of aryl methyl sites for hydroxylation is 3. The molecule has 0 heterocycles. The summed E-state index contributed by atoms with van der Waals surface area (Å²) in [5.41, 5.74) is 4.72. The zero-order valence-electron chi connectivity index (χ0n) is 12.2. The molecule has 20 heavy (non-hydrogen) atoms. The van der Waals surface area contributed by atoms with Crippen molar-refractivity contribution in [2.45, 2.75) is 26.8 Å². The van der Waals surface area contributed by atoms with Gasteiger partial charge >= 0.3 is 0 Å². The number of rotatable bonds is 3. The average molecular weight is 275 g/mol. The quantitative estimate of drug-likeness (QED) is 0.885. The van der Waals surface area contributed by atoms with E-state index in [1.54, 1.807) is 6.07 Å². The summed E-state index contributed by atoms with van der Waals surface area (Å²) in [6, 6.07) is 7.76. The molecule has 1 N–H and O–H groups in total. The van der Waals surface area contributed by atoms with E-state index in [4.69, 9.17) is 0 Å². The van der Waals surface area contributed by atoms with E-state index in [9.17, 15) is 8.78 Å². The Morgan fingerprint density at radius 1 is 0.850 bits per heavy atom. The van der Waals surface area contributed by atoms with Crippen molar-refractivity contribution in [3.63, 3.8) is 0 Å². The maximum Gasteiger partial charge on any atom is 0.123 e. The van der Waals surface area contributed by atoms with Crippen molar-refractivity contribution in [2.24, 2.45) is 0 Å². The lowest BCUT2D eigenvalue weighted by Crippen LogP contribution is -2.21. The minimum atomic E-state index is -0.242. The highest BCUT2D eigenvalue weighted by molar-refractivity contribution is 5.44. The Hall–Kier alpha value is -1.74. The Labute approximate surface area is 118 Å².